The van der Waals surface area contributed by atoms with E-state index in [9.17, 15) is 31.1 Å². The number of benzene rings is 3. The lowest BCUT2D eigenvalue weighted by atomic mass is 9.94. The molecule has 0 aliphatic carbocycles. The van der Waals surface area contributed by atoms with E-state index in [-0.39, 0.29) is 35.7 Å². The first-order valence-corrected chi connectivity index (χ1v) is 12.1. The van der Waals surface area contributed by atoms with E-state index in [4.69, 9.17) is 4.74 Å². The van der Waals surface area contributed by atoms with Crippen LogP contribution in [0.1, 0.15) is 40.8 Å². The summed E-state index contributed by atoms with van der Waals surface area (Å²) in [6.07, 6.45) is -9.09. The Balaban J connectivity index is 1.80. The maximum Gasteiger partial charge on any atom is 0.416 e. The van der Waals surface area contributed by atoms with Crippen molar-refractivity contribution in [1.29, 1.82) is 0 Å². The number of guanidine groups is 1. The third kappa shape index (κ3) is 6.47. The number of nitrogens with zero attached hydrogens (tertiary/aromatic N) is 2. The van der Waals surface area contributed by atoms with Gasteiger partial charge in [-0.05, 0) is 47.9 Å². The molecular formula is C29H25F6N3O2. The second-order valence-electron chi connectivity index (χ2n) is 9.10. The molecule has 0 fully saturated rings. The average molecular weight is 562 g/mol. The fraction of sp³-hybridized carbons (Fsp3) is 0.241. The molecule has 1 N–H and O–H groups in total. The first-order valence-electron chi connectivity index (χ1n) is 12.1. The van der Waals surface area contributed by atoms with E-state index in [0.717, 1.165) is 24.3 Å². The molecule has 0 saturated carbocycles. The van der Waals surface area contributed by atoms with Crippen LogP contribution in [0.2, 0.25) is 0 Å². The number of esters is 1. The van der Waals surface area contributed by atoms with Crippen molar-refractivity contribution < 1.29 is 35.9 Å². The van der Waals surface area contributed by atoms with Gasteiger partial charge in [-0.1, -0.05) is 54.6 Å². The molecule has 11 heteroatoms. The molecule has 1 aliphatic rings. The molecule has 3 aromatic rings. The lowest BCUT2D eigenvalue weighted by Gasteiger charge is -2.38. The minimum Gasteiger partial charge on any atom is -0.466 e. The number of alkyl halides is 6. The highest BCUT2D eigenvalue weighted by atomic mass is 19.4. The molecule has 1 aliphatic heterocycles. The van der Waals surface area contributed by atoms with Crippen LogP contribution in [0, 0.1) is 0 Å². The normalized spacial score (nSPS) is 17.1. The van der Waals surface area contributed by atoms with Crippen LogP contribution in [0.4, 0.5) is 26.3 Å². The Morgan fingerprint density at radius 2 is 1.45 bits per heavy atom. The Bertz CT molecular complexity index is 1430. The van der Waals surface area contributed by atoms with Gasteiger partial charge in [-0.25, -0.2) is 9.79 Å². The molecule has 5 nitrogen and oxygen atoms in total. The van der Waals surface area contributed by atoms with Crippen molar-refractivity contribution in [3.05, 3.63) is 118 Å². The largest absolute Gasteiger partial charge is 0.466 e. The predicted octanol–water partition coefficient (Wildman–Crippen LogP) is 6.87. The zero-order valence-corrected chi connectivity index (χ0v) is 21.5. The molecule has 0 radical (unpaired) electrons. The van der Waals surface area contributed by atoms with E-state index in [1.54, 1.807) is 37.3 Å². The summed E-state index contributed by atoms with van der Waals surface area (Å²) in [5, 5.41) is 3.17. The monoisotopic (exact) mass is 561 g/mol. The van der Waals surface area contributed by atoms with Gasteiger partial charge in [0, 0.05) is 5.70 Å². The third-order valence-corrected chi connectivity index (χ3v) is 6.41. The zero-order valence-electron chi connectivity index (χ0n) is 21.5. The predicted molar refractivity (Wildman–Crippen MR) is 137 cm³/mol. The number of allylic oxidation sites excluding steroid dienone is 1. The van der Waals surface area contributed by atoms with Crippen molar-refractivity contribution >= 4 is 11.9 Å². The van der Waals surface area contributed by atoms with Crippen molar-refractivity contribution in [3.63, 3.8) is 0 Å². The Morgan fingerprint density at radius 3 is 2.02 bits per heavy atom. The molecule has 0 amide bonds. The summed E-state index contributed by atoms with van der Waals surface area (Å²) in [6, 6.07) is 17.6. The lowest BCUT2D eigenvalue weighted by molar-refractivity contribution is -0.138. The van der Waals surface area contributed by atoms with Crippen molar-refractivity contribution in [2.24, 2.45) is 4.99 Å². The van der Waals surface area contributed by atoms with Crippen LogP contribution >= 0.6 is 0 Å². The fourth-order valence-corrected chi connectivity index (χ4v) is 4.43. The van der Waals surface area contributed by atoms with Crippen molar-refractivity contribution in [3.8, 4) is 0 Å². The summed E-state index contributed by atoms with van der Waals surface area (Å²) in [5.74, 6) is -0.473. The van der Waals surface area contributed by atoms with E-state index in [2.05, 4.69) is 10.3 Å². The molecule has 1 atom stereocenters. The van der Waals surface area contributed by atoms with Gasteiger partial charge in [-0.2, -0.15) is 26.3 Å². The highest BCUT2D eigenvalue weighted by molar-refractivity contribution is 5.96. The number of aliphatic imine (C=N–C) groups is 1. The van der Waals surface area contributed by atoms with E-state index < -0.39 is 35.5 Å². The summed E-state index contributed by atoms with van der Waals surface area (Å²) in [7, 11) is 1.22. The highest BCUT2D eigenvalue weighted by Crippen LogP contribution is 2.34. The quantitative estimate of drug-likeness (QED) is 0.264. The number of rotatable bonds is 6. The van der Waals surface area contributed by atoms with Crippen molar-refractivity contribution in [2.75, 3.05) is 7.11 Å². The second-order valence-corrected chi connectivity index (χ2v) is 9.10. The van der Waals surface area contributed by atoms with Crippen LogP contribution in [0.3, 0.4) is 0 Å². The standard InChI is InChI=1S/C29H25F6N3O2/c1-18-24(26(39)40-2)25(21-10-4-3-5-11-21)37-27(36-16-19-8-6-12-22(14-19)28(30,31)32)38(18)17-20-9-7-13-23(15-20)29(33,34)35/h3-15,25H,16-17H2,1-2H3,(H,36,37). The molecule has 1 unspecified atom stereocenters. The zero-order chi connectivity index (χ0) is 29.1. The second kappa shape index (κ2) is 11.4. The summed E-state index contributed by atoms with van der Waals surface area (Å²) >= 11 is 0. The summed E-state index contributed by atoms with van der Waals surface area (Å²) in [6.45, 7) is 1.36. The van der Waals surface area contributed by atoms with E-state index in [1.807, 2.05) is 0 Å². The molecule has 3 aromatic carbocycles. The molecule has 0 bridgehead atoms. The molecule has 0 spiro atoms. The van der Waals surface area contributed by atoms with Gasteiger partial charge in [0.1, 0.15) is 0 Å². The van der Waals surface area contributed by atoms with E-state index in [1.165, 1.54) is 36.3 Å². The Kier molecular flexibility index (Phi) is 8.22. The highest BCUT2D eigenvalue weighted by Gasteiger charge is 2.36. The van der Waals surface area contributed by atoms with Crippen LogP contribution in [0.15, 0.2) is 95.1 Å². The summed E-state index contributed by atoms with van der Waals surface area (Å²) < 4.78 is 84.9. The molecular weight excluding hydrogens is 536 g/mol. The maximum atomic E-state index is 13.4. The van der Waals surface area contributed by atoms with Gasteiger partial charge in [-0.15, -0.1) is 0 Å². The van der Waals surface area contributed by atoms with Gasteiger partial charge in [0.2, 0.25) is 0 Å². The average Bonchev–Trinajstić information content (AvgIpc) is 2.92. The molecule has 0 saturated heterocycles. The molecule has 0 aromatic heterocycles. The van der Waals surface area contributed by atoms with Crippen LogP contribution in [0.5, 0.6) is 0 Å². The Labute approximate surface area is 226 Å². The van der Waals surface area contributed by atoms with Crippen LogP contribution in [-0.2, 0) is 35.0 Å². The number of carbonyl (C=O) groups is 1. The number of carbonyl (C=O) groups excluding carboxylic acids is 1. The van der Waals surface area contributed by atoms with E-state index >= 15 is 0 Å². The van der Waals surface area contributed by atoms with Gasteiger partial charge in [0.25, 0.3) is 0 Å². The van der Waals surface area contributed by atoms with Crippen LogP contribution < -0.4 is 5.32 Å². The van der Waals surface area contributed by atoms with Gasteiger partial charge in [0.15, 0.2) is 5.96 Å². The van der Waals surface area contributed by atoms with Crippen LogP contribution in [0.25, 0.3) is 0 Å². The van der Waals surface area contributed by atoms with Gasteiger partial charge >= 0.3 is 18.3 Å². The molecule has 4 rings (SSSR count). The SMILES string of the molecule is COC(=O)C1=C(C)N(Cc2cccc(C(F)(F)F)c2)C(=NCc2cccc(C(F)(F)F)c2)NC1c1ccccc1. The Hall–Kier alpha value is -4.28. The van der Waals surface area contributed by atoms with E-state index in [0.29, 0.717) is 11.3 Å². The Morgan fingerprint density at radius 1 is 0.875 bits per heavy atom. The van der Waals surface area contributed by atoms with Gasteiger partial charge in [0.05, 0.1) is 42.9 Å². The van der Waals surface area contributed by atoms with Crippen LogP contribution in [-0.4, -0.2) is 23.9 Å². The summed E-state index contributed by atoms with van der Waals surface area (Å²) in [5.41, 5.74) is 0.180. The van der Waals surface area contributed by atoms with Crippen molar-refractivity contribution in [1.82, 2.24) is 10.2 Å². The summed E-state index contributed by atoms with van der Waals surface area (Å²) in [4.78, 5) is 19.0. The first-order chi connectivity index (χ1) is 18.9. The lowest BCUT2D eigenvalue weighted by Crippen LogP contribution is -2.48. The smallest absolute Gasteiger partial charge is 0.416 e. The minimum absolute atomic E-state index is 0.105. The number of hydrogen-bond acceptors (Lipinski definition) is 3. The minimum atomic E-state index is -4.56. The number of hydrogen-bond donors (Lipinski definition) is 1. The van der Waals surface area contributed by atoms with Crippen molar-refractivity contribution in [2.45, 2.75) is 38.4 Å². The third-order valence-electron chi connectivity index (χ3n) is 6.41. The number of ether oxygens (including phenoxy) is 1. The maximum absolute atomic E-state index is 13.4. The number of nitrogens with one attached hydrogen (secondary N) is 1. The topological polar surface area (TPSA) is 53.9 Å². The molecule has 210 valence electrons. The molecule has 1 heterocycles. The number of halogens is 6. The van der Waals surface area contributed by atoms with Gasteiger partial charge in [-0.3, -0.25) is 0 Å². The number of methoxy groups -OCH3 is 1. The molecule has 40 heavy (non-hydrogen) atoms. The fourth-order valence-electron chi connectivity index (χ4n) is 4.43. The first kappa shape index (κ1) is 28.7. The van der Waals surface area contributed by atoms with Gasteiger partial charge < -0.3 is 15.0 Å².